The Morgan fingerprint density at radius 3 is 2.69 bits per heavy atom. The van der Waals surface area contributed by atoms with Crippen LogP contribution in [-0.4, -0.2) is 57.1 Å². The average Bonchev–Trinajstić information content (AvgIpc) is 3.18. The normalized spacial score (nSPS) is 17.1. The summed E-state index contributed by atoms with van der Waals surface area (Å²) in [5, 5.41) is 10.0. The molecule has 1 aromatic carbocycles. The Kier molecular flexibility index (Phi) is 10.5. The number of anilines is 1. The quantitative estimate of drug-likeness (QED) is 0.554. The molecule has 36 heavy (non-hydrogen) atoms. The van der Waals surface area contributed by atoms with Crippen molar-refractivity contribution in [2.75, 3.05) is 25.4 Å². The van der Waals surface area contributed by atoms with E-state index >= 15 is 0 Å². The number of rotatable bonds is 5. The molecule has 8 heteroatoms. The SMILES string of the molecule is C=C/C(=C\c1ccccc1C)c1ccc(CN2CCN3C(=C)NC(=O)C3C2)cc(N)[nH]nc1.CC.O. The second kappa shape index (κ2) is 13.3. The zero-order valence-electron chi connectivity index (χ0n) is 21.4. The molecule has 0 spiro atoms. The largest absolute Gasteiger partial charge is 0.412 e. The Balaban J connectivity index is 0.00000148. The number of aryl methyl sites for hydroxylation is 1. The summed E-state index contributed by atoms with van der Waals surface area (Å²) in [5.74, 6) is 1.17. The lowest BCUT2D eigenvalue weighted by Gasteiger charge is -2.36. The molecule has 6 N–H and O–H groups in total. The van der Waals surface area contributed by atoms with Gasteiger partial charge in [0.1, 0.15) is 17.7 Å². The van der Waals surface area contributed by atoms with Gasteiger partial charge in [0, 0.05) is 31.7 Å². The number of nitrogen functional groups attached to an aromatic ring is 1. The van der Waals surface area contributed by atoms with Crippen LogP contribution in [-0.2, 0) is 11.3 Å². The summed E-state index contributed by atoms with van der Waals surface area (Å²) >= 11 is 0. The van der Waals surface area contributed by atoms with Gasteiger partial charge in [0.05, 0.1) is 6.20 Å². The van der Waals surface area contributed by atoms with Crippen molar-refractivity contribution in [2.45, 2.75) is 33.4 Å². The standard InChI is InChI=1S/C26H30N6O.C2H6.H2O/c1-4-21(14-22-8-6-5-7-18(22)2)23-10-9-20(13-25(27)30-28-15-23)16-31-11-12-32-19(3)29-26(33)24(32)17-31;1-2;/h4-10,13-15,24,30H,1,3,11-12,16-17,27H2,2H3,(H,29,33);1-2H3;1H2/b20-9?,21-14+,23-10?,25-13?,28-15?;;. The highest BCUT2D eigenvalue weighted by Crippen LogP contribution is 2.22. The van der Waals surface area contributed by atoms with Crippen LogP contribution in [0.4, 0.5) is 5.82 Å². The number of hydrogen-bond donors (Lipinski definition) is 3. The number of carbonyl (C=O) groups is 1. The van der Waals surface area contributed by atoms with E-state index in [-0.39, 0.29) is 17.4 Å². The van der Waals surface area contributed by atoms with Crippen molar-refractivity contribution in [3.8, 4) is 0 Å². The van der Waals surface area contributed by atoms with Crippen molar-refractivity contribution in [1.29, 1.82) is 0 Å². The molecule has 0 saturated carbocycles. The molecule has 1 amide bonds. The number of allylic oxidation sites excluding steroid dienone is 2. The van der Waals surface area contributed by atoms with E-state index in [1.54, 1.807) is 6.20 Å². The summed E-state index contributed by atoms with van der Waals surface area (Å²) in [6.07, 6.45) is 5.68. The Morgan fingerprint density at radius 1 is 1.22 bits per heavy atom. The number of aromatic amines is 1. The number of aromatic nitrogens is 2. The maximum absolute atomic E-state index is 12.2. The van der Waals surface area contributed by atoms with Gasteiger partial charge in [-0.3, -0.25) is 14.8 Å². The molecule has 0 aliphatic carbocycles. The molecule has 1 atom stereocenters. The first kappa shape index (κ1) is 28.4. The fourth-order valence-electron chi connectivity index (χ4n) is 4.23. The van der Waals surface area contributed by atoms with E-state index in [0.29, 0.717) is 24.7 Å². The Bertz CT molecular complexity index is 1170. The minimum Gasteiger partial charge on any atom is -0.412 e. The van der Waals surface area contributed by atoms with Gasteiger partial charge in [-0.25, -0.2) is 0 Å². The van der Waals surface area contributed by atoms with Gasteiger partial charge in [-0.1, -0.05) is 69.5 Å². The van der Waals surface area contributed by atoms with Gasteiger partial charge in [-0.2, -0.15) is 5.10 Å². The number of benzene rings is 1. The number of fused-ring (bicyclic) bond motifs is 1. The molecule has 2 saturated heterocycles. The van der Waals surface area contributed by atoms with Crippen LogP contribution in [0.15, 0.2) is 73.7 Å². The lowest BCUT2D eigenvalue weighted by atomic mass is 10.0. The number of nitrogens with zero attached hydrogens (tertiary/aromatic N) is 3. The third-order valence-corrected chi connectivity index (χ3v) is 6.06. The molecule has 2 aliphatic heterocycles. The third kappa shape index (κ3) is 6.84. The zero-order chi connectivity index (χ0) is 25.4. The van der Waals surface area contributed by atoms with Crippen LogP contribution in [0.3, 0.4) is 0 Å². The number of nitrogens with two attached hydrogens (primary N) is 1. The molecule has 4 rings (SSSR count). The molecule has 192 valence electrons. The van der Waals surface area contributed by atoms with Crippen molar-refractivity contribution in [3.63, 3.8) is 0 Å². The predicted octanol–water partition coefficient (Wildman–Crippen LogP) is 3.44. The van der Waals surface area contributed by atoms with Gasteiger partial charge < -0.3 is 21.4 Å². The van der Waals surface area contributed by atoms with Crippen LogP contribution in [0.5, 0.6) is 0 Å². The molecule has 2 aliphatic rings. The highest BCUT2D eigenvalue weighted by Gasteiger charge is 2.38. The number of carbonyl (C=O) groups excluding carboxylic acids is 1. The molecule has 2 aromatic rings. The molecule has 2 fully saturated rings. The monoisotopic (exact) mass is 490 g/mol. The van der Waals surface area contributed by atoms with Crippen molar-refractivity contribution in [1.82, 2.24) is 25.3 Å². The maximum Gasteiger partial charge on any atom is 0.249 e. The highest BCUT2D eigenvalue weighted by molar-refractivity contribution is 5.87. The summed E-state index contributed by atoms with van der Waals surface area (Å²) in [4.78, 5) is 16.5. The number of nitrogens with one attached hydrogen (secondary N) is 2. The Morgan fingerprint density at radius 2 is 1.97 bits per heavy atom. The van der Waals surface area contributed by atoms with Crippen LogP contribution in [0, 0.1) is 6.92 Å². The van der Waals surface area contributed by atoms with Crippen molar-refractivity contribution in [3.05, 3.63) is 96.0 Å². The summed E-state index contributed by atoms with van der Waals surface area (Å²) in [6.45, 7) is 16.9. The summed E-state index contributed by atoms with van der Waals surface area (Å²) in [7, 11) is 0. The van der Waals surface area contributed by atoms with E-state index in [1.807, 2.05) is 49.1 Å². The van der Waals surface area contributed by atoms with E-state index in [0.717, 1.165) is 35.4 Å². The molecule has 0 radical (unpaired) electrons. The minimum atomic E-state index is -0.193. The van der Waals surface area contributed by atoms with Gasteiger partial charge in [-0.05, 0) is 41.3 Å². The van der Waals surface area contributed by atoms with Gasteiger partial charge in [0.25, 0.3) is 0 Å². The topological polar surface area (TPSA) is 122 Å². The fourth-order valence-corrected chi connectivity index (χ4v) is 4.23. The minimum absolute atomic E-state index is 0. The van der Waals surface area contributed by atoms with Gasteiger partial charge in [-0.15, -0.1) is 0 Å². The van der Waals surface area contributed by atoms with Crippen LogP contribution < -0.4 is 11.1 Å². The molecule has 3 heterocycles. The van der Waals surface area contributed by atoms with E-state index in [4.69, 9.17) is 5.73 Å². The van der Waals surface area contributed by atoms with Gasteiger partial charge in [0.15, 0.2) is 0 Å². The van der Waals surface area contributed by atoms with Gasteiger partial charge >= 0.3 is 0 Å². The summed E-state index contributed by atoms with van der Waals surface area (Å²) < 4.78 is 0. The first-order chi connectivity index (χ1) is 16.9. The molecule has 0 bridgehead atoms. The van der Waals surface area contributed by atoms with Crippen LogP contribution >= 0.6 is 0 Å². The summed E-state index contributed by atoms with van der Waals surface area (Å²) in [6, 6.07) is 14.0. The lowest BCUT2D eigenvalue weighted by molar-refractivity contribution is -0.122. The van der Waals surface area contributed by atoms with Gasteiger partial charge in [0.2, 0.25) is 5.91 Å². The first-order valence-electron chi connectivity index (χ1n) is 12.0. The van der Waals surface area contributed by atoms with Crippen molar-refractivity contribution < 1.29 is 10.3 Å². The molecular formula is C28H38N6O2. The molecule has 1 aromatic heterocycles. The smallest absolute Gasteiger partial charge is 0.249 e. The average molecular weight is 491 g/mol. The van der Waals surface area contributed by atoms with Crippen molar-refractivity contribution in [2.24, 2.45) is 0 Å². The predicted molar refractivity (Wildman–Crippen MR) is 148 cm³/mol. The molecule has 1 unspecified atom stereocenters. The van der Waals surface area contributed by atoms with Crippen LogP contribution in [0.2, 0.25) is 0 Å². The van der Waals surface area contributed by atoms with Crippen molar-refractivity contribution >= 4 is 23.4 Å². The Hall–Kier alpha value is -3.88. The number of piperazine rings is 1. The van der Waals surface area contributed by atoms with E-state index < -0.39 is 0 Å². The lowest BCUT2D eigenvalue weighted by Crippen LogP contribution is -2.51. The second-order valence-corrected chi connectivity index (χ2v) is 8.37. The van der Waals surface area contributed by atoms with E-state index in [1.165, 1.54) is 5.56 Å². The number of H-pyrrole nitrogens is 1. The van der Waals surface area contributed by atoms with Crippen LogP contribution in [0.1, 0.15) is 36.1 Å². The number of hydrogen-bond acceptors (Lipinski definition) is 5. The second-order valence-electron chi connectivity index (χ2n) is 8.37. The zero-order valence-corrected chi connectivity index (χ0v) is 21.4. The van der Waals surface area contributed by atoms with E-state index in [9.17, 15) is 4.79 Å². The third-order valence-electron chi connectivity index (χ3n) is 6.06. The first-order valence-corrected chi connectivity index (χ1v) is 12.0. The number of amides is 1. The summed E-state index contributed by atoms with van der Waals surface area (Å²) in [5.41, 5.74) is 11.3. The fraction of sp³-hybridized carbons (Fsp3) is 0.286. The highest BCUT2D eigenvalue weighted by atomic mass is 16.2. The Labute approximate surface area is 213 Å². The van der Waals surface area contributed by atoms with Crippen LogP contribution in [0.25, 0.3) is 11.6 Å². The maximum atomic E-state index is 12.2. The van der Waals surface area contributed by atoms with E-state index in [2.05, 4.69) is 64.8 Å². The molecular weight excluding hydrogens is 452 g/mol. The molecule has 8 nitrogen and oxygen atoms in total.